The fraction of sp³-hybridized carbons (Fsp3) is 0.480. The van der Waals surface area contributed by atoms with Crippen LogP contribution in [0.4, 0.5) is 23.4 Å². The molecule has 0 radical (unpaired) electrons. The summed E-state index contributed by atoms with van der Waals surface area (Å²) < 4.78 is 59.3. The topological polar surface area (TPSA) is 109 Å². The van der Waals surface area contributed by atoms with Crippen LogP contribution in [-0.2, 0) is 6.18 Å². The molecule has 1 aromatic carbocycles. The molecule has 0 unspecified atom stereocenters. The van der Waals surface area contributed by atoms with Crippen molar-refractivity contribution >= 4 is 5.82 Å². The summed E-state index contributed by atoms with van der Waals surface area (Å²) in [6.45, 7) is 0. The van der Waals surface area contributed by atoms with E-state index in [1.165, 1.54) is 12.1 Å². The molecule has 4 atom stereocenters. The zero-order chi connectivity index (χ0) is 26.6. The predicted molar refractivity (Wildman–Crippen MR) is 128 cm³/mol. The van der Waals surface area contributed by atoms with E-state index in [1.807, 2.05) is 4.90 Å². The monoisotopic (exact) mass is 531 g/mol. The molecule has 6 rings (SSSR count). The van der Waals surface area contributed by atoms with Gasteiger partial charge in [0, 0.05) is 23.7 Å². The number of halogens is 4. The number of piperidine rings is 1. The predicted octanol–water partition coefficient (Wildman–Crippen LogP) is 3.93. The summed E-state index contributed by atoms with van der Waals surface area (Å²) in [5.41, 5.74) is -0.547. The summed E-state index contributed by atoms with van der Waals surface area (Å²) in [5, 5.41) is 22.6. The Morgan fingerprint density at radius 1 is 1.08 bits per heavy atom. The van der Waals surface area contributed by atoms with E-state index < -0.39 is 23.9 Å². The lowest BCUT2D eigenvalue weighted by atomic mass is 9.96. The van der Waals surface area contributed by atoms with Gasteiger partial charge in [-0.3, -0.25) is 0 Å². The van der Waals surface area contributed by atoms with Crippen molar-refractivity contribution in [1.82, 2.24) is 30.5 Å². The Morgan fingerprint density at radius 2 is 1.89 bits per heavy atom. The van der Waals surface area contributed by atoms with Gasteiger partial charge in [0.15, 0.2) is 11.6 Å². The standard InChI is InChI=1S/C25H25F4N7O2/c1-38-24-22(25(27,28)29)30-10-17(33-24)12-2-6-15(19(37)8-12)23-31-11-20(34-35-23)36(14-4-5-14)18-9-13-3-7-16(32-13)21(18)26/h2,6,8,10-11,13-14,16,18,21,32,37H,3-5,7,9H2,1H3/t13-,16-,18-,21+/m0/s1. The first-order valence-corrected chi connectivity index (χ1v) is 12.4. The summed E-state index contributed by atoms with van der Waals surface area (Å²) in [5.74, 6) is -0.213. The minimum atomic E-state index is -4.72. The molecule has 13 heteroatoms. The molecule has 2 saturated heterocycles. The smallest absolute Gasteiger partial charge is 0.438 e. The van der Waals surface area contributed by atoms with Gasteiger partial charge in [-0.2, -0.15) is 13.2 Å². The first-order valence-electron chi connectivity index (χ1n) is 12.4. The quantitative estimate of drug-likeness (QED) is 0.458. The van der Waals surface area contributed by atoms with Gasteiger partial charge in [0.05, 0.1) is 36.8 Å². The first kappa shape index (κ1) is 24.7. The van der Waals surface area contributed by atoms with E-state index >= 15 is 4.39 Å². The van der Waals surface area contributed by atoms with Crippen molar-refractivity contribution in [2.45, 2.75) is 68.6 Å². The van der Waals surface area contributed by atoms with E-state index in [1.54, 1.807) is 12.3 Å². The second-order valence-electron chi connectivity index (χ2n) is 9.92. The van der Waals surface area contributed by atoms with Crippen molar-refractivity contribution in [2.75, 3.05) is 12.0 Å². The Kier molecular flexibility index (Phi) is 6.04. The highest BCUT2D eigenvalue weighted by Gasteiger charge is 2.48. The molecule has 0 spiro atoms. The molecule has 1 saturated carbocycles. The number of hydrogen-bond acceptors (Lipinski definition) is 9. The van der Waals surface area contributed by atoms with Crippen molar-refractivity contribution in [3.63, 3.8) is 0 Å². The van der Waals surface area contributed by atoms with Crippen molar-refractivity contribution in [2.24, 2.45) is 0 Å². The molecule has 200 valence electrons. The van der Waals surface area contributed by atoms with Gasteiger partial charge >= 0.3 is 6.18 Å². The van der Waals surface area contributed by atoms with Crippen LogP contribution in [0.1, 0.15) is 37.8 Å². The number of hydrogen-bond donors (Lipinski definition) is 2. The van der Waals surface area contributed by atoms with Crippen molar-refractivity contribution in [3.8, 4) is 34.3 Å². The number of anilines is 1. The van der Waals surface area contributed by atoms with Crippen LogP contribution >= 0.6 is 0 Å². The Bertz CT molecular complexity index is 1340. The lowest BCUT2D eigenvalue weighted by Crippen LogP contribution is -2.57. The zero-order valence-electron chi connectivity index (χ0n) is 20.4. The number of nitrogens with one attached hydrogen (secondary N) is 1. The number of aromatic hydroxyl groups is 1. The largest absolute Gasteiger partial charge is 0.507 e. The number of alkyl halides is 4. The van der Waals surface area contributed by atoms with Crippen LogP contribution < -0.4 is 15.0 Å². The van der Waals surface area contributed by atoms with E-state index in [9.17, 15) is 18.3 Å². The first-order chi connectivity index (χ1) is 18.2. The summed E-state index contributed by atoms with van der Waals surface area (Å²) in [7, 11) is 1.07. The molecule has 2 aliphatic heterocycles. The summed E-state index contributed by atoms with van der Waals surface area (Å²) in [6, 6.07) is 4.52. The lowest BCUT2D eigenvalue weighted by Gasteiger charge is -2.40. The fourth-order valence-electron chi connectivity index (χ4n) is 5.46. The number of benzene rings is 1. The number of ether oxygens (including phenoxy) is 1. The van der Waals surface area contributed by atoms with Crippen LogP contribution in [0, 0.1) is 0 Å². The van der Waals surface area contributed by atoms with Crippen molar-refractivity contribution in [1.29, 1.82) is 0 Å². The molecule has 9 nitrogen and oxygen atoms in total. The molecule has 0 amide bonds. The highest BCUT2D eigenvalue weighted by molar-refractivity contribution is 5.71. The minimum Gasteiger partial charge on any atom is -0.507 e. The van der Waals surface area contributed by atoms with Crippen molar-refractivity contribution < 1.29 is 27.4 Å². The number of phenols is 1. The van der Waals surface area contributed by atoms with Crippen LogP contribution in [-0.4, -0.2) is 67.7 Å². The normalized spacial score (nSPS) is 24.9. The Morgan fingerprint density at radius 3 is 2.55 bits per heavy atom. The second-order valence-corrected chi connectivity index (χ2v) is 9.92. The number of nitrogens with zero attached hydrogens (tertiary/aromatic N) is 6. The number of fused-ring (bicyclic) bond motifs is 2. The molecule has 3 aromatic rings. The Balaban J connectivity index is 1.25. The fourth-order valence-corrected chi connectivity index (χ4v) is 5.46. The second kappa shape index (κ2) is 9.29. The number of phenolic OH excluding ortho intramolecular Hbond substituents is 1. The maximum Gasteiger partial charge on any atom is 0.438 e. The molecule has 3 fully saturated rings. The van der Waals surface area contributed by atoms with Gasteiger partial charge in [-0.05, 0) is 44.2 Å². The summed E-state index contributed by atoms with van der Waals surface area (Å²) >= 11 is 0. The highest BCUT2D eigenvalue weighted by Crippen LogP contribution is 2.40. The van der Waals surface area contributed by atoms with Gasteiger partial charge in [-0.25, -0.2) is 19.3 Å². The minimum absolute atomic E-state index is 0.0860. The van der Waals surface area contributed by atoms with E-state index in [2.05, 4.69) is 30.5 Å². The Hall–Kier alpha value is -3.61. The third kappa shape index (κ3) is 4.48. The zero-order valence-corrected chi connectivity index (χ0v) is 20.4. The van der Waals surface area contributed by atoms with Gasteiger partial charge in [0.1, 0.15) is 11.9 Å². The molecule has 3 aliphatic rings. The van der Waals surface area contributed by atoms with Crippen LogP contribution in [0.5, 0.6) is 11.6 Å². The lowest BCUT2D eigenvalue weighted by molar-refractivity contribution is -0.142. The molecule has 1 aliphatic carbocycles. The van der Waals surface area contributed by atoms with Crippen LogP contribution in [0.25, 0.3) is 22.6 Å². The van der Waals surface area contributed by atoms with Crippen LogP contribution in [0.2, 0.25) is 0 Å². The molecule has 2 N–H and O–H groups in total. The Labute approximate surface area is 215 Å². The molecule has 2 aromatic heterocycles. The summed E-state index contributed by atoms with van der Waals surface area (Å²) in [6.07, 6.45) is 1.25. The number of aromatic nitrogens is 5. The third-order valence-corrected chi connectivity index (χ3v) is 7.40. The van der Waals surface area contributed by atoms with Gasteiger partial charge in [0.25, 0.3) is 0 Å². The molecular formula is C25H25F4N7O2. The van der Waals surface area contributed by atoms with Crippen LogP contribution in [0.3, 0.4) is 0 Å². The average molecular weight is 532 g/mol. The van der Waals surface area contributed by atoms with Crippen molar-refractivity contribution in [3.05, 3.63) is 36.3 Å². The maximum absolute atomic E-state index is 15.3. The van der Waals surface area contributed by atoms with Gasteiger partial charge < -0.3 is 20.1 Å². The highest BCUT2D eigenvalue weighted by atomic mass is 19.4. The van der Waals surface area contributed by atoms with Crippen LogP contribution in [0.15, 0.2) is 30.6 Å². The average Bonchev–Trinajstić information content (AvgIpc) is 3.66. The van der Waals surface area contributed by atoms with Gasteiger partial charge in [-0.1, -0.05) is 6.07 Å². The number of rotatable bonds is 6. The molecule has 4 heterocycles. The van der Waals surface area contributed by atoms with Gasteiger partial charge in [0.2, 0.25) is 11.6 Å². The summed E-state index contributed by atoms with van der Waals surface area (Å²) in [4.78, 5) is 13.8. The number of methoxy groups -OCH3 is 1. The van der Waals surface area contributed by atoms with E-state index in [-0.39, 0.29) is 41.0 Å². The molecular weight excluding hydrogens is 506 g/mol. The third-order valence-electron chi connectivity index (χ3n) is 7.40. The van der Waals surface area contributed by atoms with Gasteiger partial charge in [-0.15, -0.1) is 10.2 Å². The molecule has 2 bridgehead atoms. The van der Waals surface area contributed by atoms with E-state index in [4.69, 9.17) is 4.74 Å². The molecule has 38 heavy (non-hydrogen) atoms. The van der Waals surface area contributed by atoms with E-state index in [0.29, 0.717) is 23.8 Å². The maximum atomic E-state index is 15.3. The van der Waals surface area contributed by atoms with E-state index in [0.717, 1.165) is 39.0 Å². The SMILES string of the molecule is COc1nc(-c2ccc(-c3ncc(N(C4CC4)[C@H]4C[C@@H]5CC[C@H](N5)[C@H]4F)nn3)c(O)c2)cnc1C(F)(F)F.